The summed E-state index contributed by atoms with van der Waals surface area (Å²) in [5.41, 5.74) is 4.38. The van der Waals surface area contributed by atoms with Crippen LogP contribution in [-0.4, -0.2) is 34.3 Å². The molecule has 51 heavy (non-hydrogen) atoms. The Balaban J connectivity index is 1.12. The van der Waals surface area contributed by atoms with E-state index in [0.29, 0.717) is 51.5 Å². The molecule has 1 saturated heterocycles. The van der Waals surface area contributed by atoms with Gasteiger partial charge in [0.2, 0.25) is 11.8 Å². The Morgan fingerprint density at radius 1 is 0.824 bits per heavy atom. The normalized spacial score (nSPS) is 22.6. The van der Waals surface area contributed by atoms with Gasteiger partial charge in [-0.15, -0.1) is 0 Å². The van der Waals surface area contributed by atoms with Crippen molar-refractivity contribution in [2.45, 2.75) is 32.3 Å². The number of carbonyl (C=O) groups excluding carboxylic acids is 5. The van der Waals surface area contributed by atoms with Crippen LogP contribution in [0.5, 0.6) is 11.5 Å². The van der Waals surface area contributed by atoms with Gasteiger partial charge in [-0.3, -0.25) is 28.9 Å². The fourth-order valence-electron chi connectivity index (χ4n) is 8.09. The monoisotopic (exact) mass is 675 g/mol. The van der Waals surface area contributed by atoms with Crippen LogP contribution in [0.25, 0.3) is 0 Å². The molecule has 4 aromatic carbocycles. The number of hydrogen-bond donors (Lipinski definition) is 1. The van der Waals surface area contributed by atoms with Crippen LogP contribution in [0.4, 0.5) is 5.69 Å². The van der Waals surface area contributed by atoms with Gasteiger partial charge < -0.3 is 9.84 Å². The average molecular weight is 676 g/mol. The number of amides is 2. The third kappa shape index (κ3) is 5.44. The van der Waals surface area contributed by atoms with Gasteiger partial charge in [0.1, 0.15) is 18.1 Å². The smallest absolute Gasteiger partial charge is 0.238 e. The van der Waals surface area contributed by atoms with E-state index in [9.17, 15) is 29.1 Å². The van der Waals surface area contributed by atoms with Gasteiger partial charge in [0.05, 0.1) is 17.5 Å². The van der Waals surface area contributed by atoms with E-state index in [-0.39, 0.29) is 47.8 Å². The van der Waals surface area contributed by atoms with Gasteiger partial charge in [0, 0.05) is 45.4 Å². The van der Waals surface area contributed by atoms with Gasteiger partial charge in [0.25, 0.3) is 0 Å². The summed E-state index contributed by atoms with van der Waals surface area (Å²) in [4.78, 5) is 69.7. The molecule has 0 aromatic heterocycles. The number of ether oxygens (including phenoxy) is 1. The zero-order valence-electron chi connectivity index (χ0n) is 27.7. The SMILES string of the molecule is CC1=CC(=O)C2=C(C1=O)C(c1ccc(OCc3ccccc3)cc1O)C1=CCC3C(=O)N(c4ccc(C(=O)c5ccccc5)cc4)C(=O)C3C1C2. The van der Waals surface area contributed by atoms with Crippen LogP contribution in [0, 0.1) is 17.8 Å². The second-order valence-electron chi connectivity index (χ2n) is 13.5. The number of imide groups is 1. The number of nitrogens with zero attached hydrogens (tertiary/aromatic N) is 1. The average Bonchev–Trinajstić information content (AvgIpc) is 3.41. The van der Waals surface area contributed by atoms with Crippen molar-refractivity contribution < 1.29 is 33.8 Å². The van der Waals surface area contributed by atoms with Crippen LogP contribution in [-0.2, 0) is 25.8 Å². The van der Waals surface area contributed by atoms with E-state index in [1.54, 1.807) is 67.6 Å². The number of carbonyl (C=O) groups is 5. The van der Waals surface area contributed by atoms with E-state index >= 15 is 0 Å². The Kier molecular flexibility index (Phi) is 7.94. The summed E-state index contributed by atoms with van der Waals surface area (Å²) in [7, 11) is 0. The highest BCUT2D eigenvalue weighted by atomic mass is 16.5. The van der Waals surface area contributed by atoms with Crippen LogP contribution >= 0.6 is 0 Å². The fourth-order valence-corrected chi connectivity index (χ4v) is 8.09. The van der Waals surface area contributed by atoms with E-state index in [0.717, 1.165) is 11.1 Å². The Bertz CT molecular complexity index is 2230. The lowest BCUT2D eigenvalue weighted by molar-refractivity contribution is -0.123. The van der Waals surface area contributed by atoms with Crippen molar-refractivity contribution in [3.8, 4) is 11.5 Å². The number of benzene rings is 4. The van der Waals surface area contributed by atoms with Gasteiger partial charge in [0.15, 0.2) is 17.3 Å². The lowest BCUT2D eigenvalue weighted by Crippen LogP contribution is -2.39. The summed E-state index contributed by atoms with van der Waals surface area (Å²) in [5.74, 6) is -3.92. The van der Waals surface area contributed by atoms with Gasteiger partial charge in [-0.2, -0.15) is 0 Å². The van der Waals surface area contributed by atoms with E-state index in [1.165, 1.54) is 17.0 Å². The third-order valence-corrected chi connectivity index (χ3v) is 10.5. The second kappa shape index (κ2) is 12.6. The topological polar surface area (TPSA) is 118 Å². The summed E-state index contributed by atoms with van der Waals surface area (Å²) in [5, 5.41) is 11.5. The zero-order chi connectivity index (χ0) is 35.4. The number of hydrogen-bond acceptors (Lipinski definition) is 7. The molecule has 1 N–H and O–H groups in total. The highest BCUT2D eigenvalue weighted by molar-refractivity contribution is 6.25. The van der Waals surface area contributed by atoms with Crippen molar-refractivity contribution in [3.05, 3.63) is 160 Å². The van der Waals surface area contributed by atoms with E-state index in [4.69, 9.17) is 4.74 Å². The first-order valence-corrected chi connectivity index (χ1v) is 17.0. The maximum Gasteiger partial charge on any atom is 0.238 e. The van der Waals surface area contributed by atoms with E-state index in [2.05, 4.69) is 0 Å². The molecule has 1 aliphatic heterocycles. The first-order chi connectivity index (χ1) is 24.7. The highest BCUT2D eigenvalue weighted by Crippen LogP contribution is 2.56. The summed E-state index contributed by atoms with van der Waals surface area (Å²) in [6, 6.07) is 29.9. The summed E-state index contributed by atoms with van der Waals surface area (Å²) in [6.45, 7) is 1.90. The van der Waals surface area contributed by atoms with Crippen LogP contribution < -0.4 is 9.64 Å². The number of rotatable bonds is 7. The Morgan fingerprint density at radius 3 is 2.22 bits per heavy atom. The molecule has 0 bridgehead atoms. The zero-order valence-corrected chi connectivity index (χ0v) is 27.7. The van der Waals surface area contributed by atoms with E-state index in [1.807, 2.05) is 42.5 Å². The number of anilines is 1. The summed E-state index contributed by atoms with van der Waals surface area (Å²) >= 11 is 0. The van der Waals surface area contributed by atoms with Crippen molar-refractivity contribution in [3.63, 3.8) is 0 Å². The molecule has 8 nitrogen and oxygen atoms in total. The lowest BCUT2D eigenvalue weighted by Gasteiger charge is -2.42. The van der Waals surface area contributed by atoms with Crippen LogP contribution in [0.15, 0.2) is 138 Å². The number of ketones is 3. The van der Waals surface area contributed by atoms with Gasteiger partial charge in [-0.1, -0.05) is 78.4 Å². The quantitative estimate of drug-likeness (QED) is 0.0987. The molecule has 4 aromatic rings. The molecule has 1 heterocycles. The van der Waals surface area contributed by atoms with Crippen molar-refractivity contribution >= 4 is 34.9 Å². The second-order valence-corrected chi connectivity index (χ2v) is 13.5. The lowest BCUT2D eigenvalue weighted by atomic mass is 9.59. The fraction of sp³-hybridized carbons (Fsp3) is 0.186. The third-order valence-electron chi connectivity index (χ3n) is 10.5. The minimum atomic E-state index is -0.789. The van der Waals surface area contributed by atoms with Crippen molar-refractivity contribution in [1.82, 2.24) is 0 Å². The number of Topliss-reactive ketones (excluding diaryl/α,β-unsaturated/α-hetero) is 1. The minimum Gasteiger partial charge on any atom is -0.507 e. The number of fused-ring (bicyclic) bond motifs is 3. The molecule has 8 rings (SSSR count). The Morgan fingerprint density at radius 2 is 1.51 bits per heavy atom. The summed E-state index contributed by atoms with van der Waals surface area (Å²) < 4.78 is 5.94. The molecule has 4 unspecified atom stereocenters. The molecule has 0 saturated carbocycles. The molecule has 4 atom stereocenters. The van der Waals surface area contributed by atoms with Crippen molar-refractivity contribution in [2.24, 2.45) is 17.8 Å². The molecule has 1 fully saturated rings. The number of phenols is 1. The molecule has 2 amide bonds. The van der Waals surface area contributed by atoms with Crippen LogP contribution in [0.3, 0.4) is 0 Å². The van der Waals surface area contributed by atoms with Gasteiger partial charge in [-0.05, 0) is 67.7 Å². The maximum atomic E-state index is 14.3. The van der Waals surface area contributed by atoms with Crippen molar-refractivity contribution in [1.29, 1.82) is 0 Å². The number of phenolic OH excluding ortho intramolecular Hbond substituents is 1. The van der Waals surface area contributed by atoms with Gasteiger partial charge in [-0.25, -0.2) is 0 Å². The first-order valence-electron chi connectivity index (χ1n) is 17.0. The molecular formula is C43H33NO7. The molecule has 252 valence electrons. The molecule has 8 heteroatoms. The molecule has 4 aliphatic rings. The molecular weight excluding hydrogens is 642 g/mol. The number of aromatic hydroxyl groups is 1. The van der Waals surface area contributed by atoms with E-state index < -0.39 is 23.7 Å². The highest BCUT2D eigenvalue weighted by Gasteiger charge is 2.56. The molecule has 0 radical (unpaired) electrons. The Hall–Kier alpha value is -6.15. The molecule has 0 spiro atoms. The first kappa shape index (κ1) is 32.1. The minimum absolute atomic E-state index is 0.103. The largest absolute Gasteiger partial charge is 0.507 e. The predicted molar refractivity (Wildman–Crippen MR) is 189 cm³/mol. The molecule has 3 aliphatic carbocycles. The standard InChI is InChI=1S/C43H33NO7/c1-24-20-35(45)34-22-33-30(37(39(34)40(24)47)31-17-16-29(21-36(31)46)51-23-25-8-4-2-5-9-25)18-19-32-38(33)43(50)44(42(32)49)28-14-12-27(13-15-28)41(48)26-10-6-3-7-11-26/h2-18,20-21,32-33,37-38,46H,19,22-23H2,1H3. The maximum absolute atomic E-state index is 14.3. The van der Waals surface area contributed by atoms with Gasteiger partial charge >= 0.3 is 0 Å². The van der Waals surface area contributed by atoms with Crippen LogP contribution in [0.2, 0.25) is 0 Å². The predicted octanol–water partition coefficient (Wildman–Crippen LogP) is 6.84. The number of allylic oxidation sites excluding steroid dienone is 6. The summed E-state index contributed by atoms with van der Waals surface area (Å²) in [6.07, 6.45) is 3.64. The van der Waals surface area contributed by atoms with Crippen LogP contribution in [0.1, 0.15) is 52.7 Å². The Labute approximate surface area is 294 Å². The van der Waals surface area contributed by atoms with Crippen molar-refractivity contribution in [2.75, 3.05) is 4.90 Å².